The number of hydrogen-bond donors (Lipinski definition) is 3. The van der Waals surface area contributed by atoms with E-state index >= 15 is 0 Å². The van der Waals surface area contributed by atoms with Crippen LogP contribution in [0.15, 0.2) is 22.7 Å². The van der Waals surface area contributed by atoms with E-state index in [2.05, 4.69) is 31.9 Å². The predicted molar refractivity (Wildman–Crippen MR) is 65.2 cm³/mol. The lowest BCUT2D eigenvalue weighted by Gasteiger charge is -2.08. The van der Waals surface area contributed by atoms with E-state index in [4.69, 9.17) is 0 Å². The summed E-state index contributed by atoms with van der Waals surface area (Å²) in [6, 6.07) is 3.33. The number of halogens is 2. The van der Waals surface area contributed by atoms with Crippen molar-refractivity contribution in [1.29, 1.82) is 0 Å². The first-order chi connectivity index (χ1) is 8.02. The number of anilines is 1. The summed E-state index contributed by atoms with van der Waals surface area (Å²) in [5, 5.41) is 7.18. The zero-order valence-electron chi connectivity index (χ0n) is 9.01. The number of urea groups is 1. The molecule has 7 heteroatoms. The summed E-state index contributed by atoms with van der Waals surface area (Å²) in [5.74, 6) is -0.716. The standard InChI is InChI=1S/C10H11BrFN3O2/c1-13-9(16)5-14-10(17)15-8-3-2-6(12)4-7(8)11/h2-4H,5H2,1H3,(H,13,16)(H2,14,15,17). The fourth-order valence-corrected chi connectivity index (χ4v) is 1.46. The molecule has 17 heavy (non-hydrogen) atoms. The molecule has 0 aromatic heterocycles. The van der Waals surface area contributed by atoms with Crippen LogP contribution < -0.4 is 16.0 Å². The molecule has 5 nitrogen and oxygen atoms in total. The second kappa shape index (κ2) is 6.19. The zero-order chi connectivity index (χ0) is 12.8. The molecule has 0 aliphatic carbocycles. The van der Waals surface area contributed by atoms with E-state index < -0.39 is 11.8 Å². The molecular weight excluding hydrogens is 293 g/mol. The third-order valence-corrected chi connectivity index (χ3v) is 2.52. The van der Waals surface area contributed by atoms with Crippen molar-refractivity contribution in [1.82, 2.24) is 10.6 Å². The molecule has 0 bridgehead atoms. The highest BCUT2D eigenvalue weighted by molar-refractivity contribution is 9.10. The largest absolute Gasteiger partial charge is 0.358 e. The van der Waals surface area contributed by atoms with E-state index in [-0.39, 0.29) is 12.5 Å². The van der Waals surface area contributed by atoms with Crippen LogP contribution in [0.5, 0.6) is 0 Å². The fourth-order valence-electron chi connectivity index (χ4n) is 1.01. The molecule has 0 radical (unpaired) electrons. The van der Waals surface area contributed by atoms with Crippen molar-refractivity contribution >= 4 is 33.6 Å². The maximum absolute atomic E-state index is 12.8. The number of carbonyl (C=O) groups is 2. The van der Waals surface area contributed by atoms with Gasteiger partial charge in [0.15, 0.2) is 0 Å². The van der Waals surface area contributed by atoms with Gasteiger partial charge in [-0.25, -0.2) is 9.18 Å². The van der Waals surface area contributed by atoms with Gasteiger partial charge < -0.3 is 16.0 Å². The molecule has 1 aromatic carbocycles. The maximum Gasteiger partial charge on any atom is 0.319 e. The summed E-state index contributed by atoms with van der Waals surface area (Å²) >= 11 is 3.11. The van der Waals surface area contributed by atoms with Crippen molar-refractivity contribution in [3.05, 3.63) is 28.5 Å². The molecule has 0 saturated carbocycles. The minimum atomic E-state index is -0.541. The quantitative estimate of drug-likeness (QED) is 0.791. The molecule has 0 saturated heterocycles. The number of carbonyl (C=O) groups excluding carboxylic acids is 2. The molecule has 3 N–H and O–H groups in total. The van der Waals surface area contributed by atoms with E-state index in [1.165, 1.54) is 25.2 Å². The summed E-state index contributed by atoms with van der Waals surface area (Å²) in [7, 11) is 1.47. The maximum atomic E-state index is 12.8. The second-order valence-electron chi connectivity index (χ2n) is 3.11. The first kappa shape index (κ1) is 13.4. The zero-order valence-corrected chi connectivity index (χ0v) is 10.6. The molecule has 0 atom stereocenters. The Morgan fingerprint density at radius 3 is 2.71 bits per heavy atom. The van der Waals surface area contributed by atoms with Gasteiger partial charge in [-0.3, -0.25) is 4.79 Å². The van der Waals surface area contributed by atoms with Crippen LogP contribution in [0.3, 0.4) is 0 Å². The smallest absolute Gasteiger partial charge is 0.319 e. The monoisotopic (exact) mass is 303 g/mol. The van der Waals surface area contributed by atoms with Crippen LogP contribution in [0, 0.1) is 5.82 Å². The van der Waals surface area contributed by atoms with Crippen molar-refractivity contribution in [2.75, 3.05) is 18.9 Å². The van der Waals surface area contributed by atoms with Crippen LogP contribution in [0.2, 0.25) is 0 Å². The van der Waals surface area contributed by atoms with Gasteiger partial charge >= 0.3 is 6.03 Å². The number of likely N-dealkylation sites (N-methyl/N-ethyl adjacent to an activating group) is 1. The lowest BCUT2D eigenvalue weighted by atomic mass is 10.3. The highest BCUT2D eigenvalue weighted by Gasteiger charge is 2.07. The number of nitrogens with one attached hydrogen (secondary N) is 3. The SMILES string of the molecule is CNC(=O)CNC(=O)Nc1ccc(F)cc1Br. The normalized spacial score (nSPS) is 9.59. The number of hydrogen-bond acceptors (Lipinski definition) is 2. The van der Waals surface area contributed by atoms with Gasteiger partial charge in [0.2, 0.25) is 5.91 Å². The Balaban J connectivity index is 2.53. The fraction of sp³-hybridized carbons (Fsp3) is 0.200. The molecule has 0 aliphatic rings. The summed E-state index contributed by atoms with van der Waals surface area (Å²) in [6.45, 7) is -0.124. The molecule has 1 rings (SSSR count). The second-order valence-corrected chi connectivity index (χ2v) is 3.96. The van der Waals surface area contributed by atoms with Gasteiger partial charge in [-0.05, 0) is 34.1 Å². The van der Waals surface area contributed by atoms with Crippen molar-refractivity contribution in [3.63, 3.8) is 0 Å². The van der Waals surface area contributed by atoms with Gasteiger partial charge in [0.05, 0.1) is 12.2 Å². The highest BCUT2D eigenvalue weighted by atomic mass is 79.9. The minimum Gasteiger partial charge on any atom is -0.358 e. The summed E-state index contributed by atoms with van der Waals surface area (Å²) in [6.07, 6.45) is 0. The van der Waals surface area contributed by atoms with E-state index in [0.717, 1.165) is 0 Å². The number of amides is 3. The van der Waals surface area contributed by atoms with Crippen molar-refractivity contribution < 1.29 is 14.0 Å². The van der Waals surface area contributed by atoms with Gasteiger partial charge in [-0.15, -0.1) is 0 Å². The number of rotatable bonds is 3. The molecule has 0 aliphatic heterocycles. The molecule has 92 valence electrons. The van der Waals surface area contributed by atoms with Gasteiger partial charge in [0.1, 0.15) is 5.82 Å². The Morgan fingerprint density at radius 2 is 2.12 bits per heavy atom. The summed E-state index contributed by atoms with van der Waals surface area (Å²) in [5.41, 5.74) is 0.417. The minimum absolute atomic E-state index is 0.124. The lowest BCUT2D eigenvalue weighted by Crippen LogP contribution is -2.37. The Kier molecular flexibility index (Phi) is 4.89. The average molecular weight is 304 g/mol. The van der Waals surface area contributed by atoms with E-state index in [9.17, 15) is 14.0 Å². The van der Waals surface area contributed by atoms with Gasteiger partial charge in [0, 0.05) is 11.5 Å². The molecule has 1 aromatic rings. The predicted octanol–water partition coefficient (Wildman–Crippen LogP) is 1.46. The first-order valence-corrected chi connectivity index (χ1v) is 5.52. The van der Waals surface area contributed by atoms with E-state index in [1.807, 2.05) is 0 Å². The third-order valence-electron chi connectivity index (χ3n) is 1.87. The van der Waals surface area contributed by atoms with Crippen LogP contribution in [-0.4, -0.2) is 25.5 Å². The lowest BCUT2D eigenvalue weighted by molar-refractivity contribution is -0.119. The van der Waals surface area contributed by atoms with Crippen molar-refractivity contribution in [3.8, 4) is 0 Å². The van der Waals surface area contributed by atoms with Crippen LogP contribution in [-0.2, 0) is 4.79 Å². The van der Waals surface area contributed by atoms with Crippen molar-refractivity contribution in [2.45, 2.75) is 0 Å². The average Bonchev–Trinajstić information content (AvgIpc) is 2.29. The summed E-state index contributed by atoms with van der Waals surface area (Å²) in [4.78, 5) is 22.2. The van der Waals surface area contributed by atoms with Gasteiger partial charge in [0.25, 0.3) is 0 Å². The summed E-state index contributed by atoms with van der Waals surface area (Å²) < 4.78 is 13.2. The molecular formula is C10H11BrFN3O2. The van der Waals surface area contributed by atoms with Crippen molar-refractivity contribution in [2.24, 2.45) is 0 Å². The molecule has 0 heterocycles. The molecule has 0 unspecified atom stereocenters. The Hall–Kier alpha value is -1.63. The van der Waals surface area contributed by atoms with E-state index in [1.54, 1.807) is 0 Å². The number of benzene rings is 1. The Morgan fingerprint density at radius 1 is 1.41 bits per heavy atom. The third kappa shape index (κ3) is 4.39. The van der Waals surface area contributed by atoms with Gasteiger partial charge in [-0.1, -0.05) is 0 Å². The molecule has 0 fully saturated rings. The Labute approximate surface area is 106 Å². The first-order valence-electron chi connectivity index (χ1n) is 4.73. The van der Waals surface area contributed by atoms with Crippen LogP contribution in [0.25, 0.3) is 0 Å². The topological polar surface area (TPSA) is 70.2 Å². The van der Waals surface area contributed by atoms with E-state index in [0.29, 0.717) is 10.2 Å². The molecule has 3 amide bonds. The van der Waals surface area contributed by atoms with Gasteiger partial charge in [-0.2, -0.15) is 0 Å². The van der Waals surface area contributed by atoms with Crippen LogP contribution >= 0.6 is 15.9 Å². The van der Waals surface area contributed by atoms with Crippen LogP contribution in [0.4, 0.5) is 14.9 Å². The van der Waals surface area contributed by atoms with Crippen LogP contribution in [0.1, 0.15) is 0 Å². The highest BCUT2D eigenvalue weighted by Crippen LogP contribution is 2.22. The molecule has 0 spiro atoms. The Bertz CT molecular complexity index is 440.